The van der Waals surface area contributed by atoms with Crippen molar-refractivity contribution < 1.29 is 4.79 Å². The van der Waals surface area contributed by atoms with E-state index in [4.69, 9.17) is 4.98 Å². The highest BCUT2D eigenvalue weighted by Crippen LogP contribution is 2.24. The second-order valence-corrected chi connectivity index (χ2v) is 9.19. The molecule has 5 rings (SSSR count). The van der Waals surface area contributed by atoms with Crippen LogP contribution in [0.1, 0.15) is 11.1 Å². The fourth-order valence-corrected chi connectivity index (χ4v) is 4.83. The third kappa shape index (κ3) is 3.73. The maximum Gasteiger partial charge on any atom is 0.351 e. The van der Waals surface area contributed by atoms with Crippen LogP contribution in [0.3, 0.4) is 0 Å². The smallest absolute Gasteiger partial charge is 0.351 e. The summed E-state index contributed by atoms with van der Waals surface area (Å²) in [4.78, 5) is 33.0. The number of fused-ring (bicyclic) bond motifs is 3. The van der Waals surface area contributed by atoms with E-state index in [1.807, 2.05) is 68.1 Å². The predicted octanol–water partition coefficient (Wildman–Crippen LogP) is 2.85. The number of carbonyl (C=O) groups is 1. The van der Waals surface area contributed by atoms with E-state index >= 15 is 0 Å². The van der Waals surface area contributed by atoms with Gasteiger partial charge in [-0.1, -0.05) is 18.2 Å². The average Bonchev–Trinajstić information content (AvgIpc) is 3.12. The minimum atomic E-state index is -0.346. The van der Waals surface area contributed by atoms with Gasteiger partial charge in [0, 0.05) is 30.3 Å². The number of hydrogen-bond acceptors (Lipinski definition) is 6. The minimum absolute atomic E-state index is 0.170. The molecule has 164 valence electrons. The summed E-state index contributed by atoms with van der Waals surface area (Å²) in [6.45, 7) is 5.54. The zero-order valence-electron chi connectivity index (χ0n) is 18.0. The van der Waals surface area contributed by atoms with E-state index in [9.17, 15) is 9.59 Å². The van der Waals surface area contributed by atoms with Crippen LogP contribution in [0.25, 0.3) is 16.7 Å². The Balaban J connectivity index is 1.54. The van der Waals surface area contributed by atoms with Gasteiger partial charge in [-0.2, -0.15) is 11.8 Å². The van der Waals surface area contributed by atoms with Crippen molar-refractivity contribution in [1.82, 2.24) is 19.2 Å². The summed E-state index contributed by atoms with van der Waals surface area (Å²) in [5.74, 6) is 2.40. The van der Waals surface area contributed by atoms with E-state index in [0.717, 1.165) is 41.2 Å². The molecule has 0 spiro atoms. The third-order valence-electron chi connectivity index (χ3n) is 5.78. The number of nitrogens with one attached hydrogen (secondary N) is 1. The number of benzene rings is 2. The molecule has 1 aliphatic rings. The lowest BCUT2D eigenvalue weighted by atomic mass is 10.1. The second-order valence-electron chi connectivity index (χ2n) is 7.97. The Labute approximate surface area is 189 Å². The lowest BCUT2D eigenvalue weighted by molar-refractivity contribution is -0.117. The van der Waals surface area contributed by atoms with E-state index < -0.39 is 0 Å². The molecule has 1 amide bonds. The predicted molar refractivity (Wildman–Crippen MR) is 129 cm³/mol. The van der Waals surface area contributed by atoms with Gasteiger partial charge in [0.1, 0.15) is 6.54 Å². The third-order valence-corrected chi connectivity index (χ3v) is 6.73. The van der Waals surface area contributed by atoms with Crippen LogP contribution in [0.15, 0.2) is 47.3 Å². The summed E-state index contributed by atoms with van der Waals surface area (Å²) < 4.78 is 2.80. The molecule has 2 aromatic heterocycles. The van der Waals surface area contributed by atoms with Crippen molar-refractivity contribution in [3.05, 3.63) is 64.1 Å². The Morgan fingerprint density at radius 3 is 2.66 bits per heavy atom. The molecule has 1 fully saturated rings. The van der Waals surface area contributed by atoms with Gasteiger partial charge in [-0.05, 0) is 49.2 Å². The summed E-state index contributed by atoms with van der Waals surface area (Å²) in [7, 11) is 0. The van der Waals surface area contributed by atoms with E-state index in [1.165, 1.54) is 4.68 Å². The van der Waals surface area contributed by atoms with Gasteiger partial charge < -0.3 is 10.2 Å². The van der Waals surface area contributed by atoms with Crippen LogP contribution in [0.5, 0.6) is 0 Å². The molecule has 0 aliphatic carbocycles. The molecule has 4 aromatic rings. The lowest BCUT2D eigenvalue weighted by Gasteiger charge is -2.27. The standard InChI is InChI=1S/C23H24N6O2S/c1-15-7-8-17(13-16(15)2)24-20(30)14-28-23(31)29-19-6-4-3-5-18(19)25-21(22(29)26-28)27-9-11-32-12-10-27/h3-8,13H,9-12,14H2,1-2H3,(H,24,30). The fraction of sp³-hybridized carbons (Fsp3) is 0.304. The first-order valence-electron chi connectivity index (χ1n) is 10.6. The first-order valence-corrected chi connectivity index (χ1v) is 11.7. The number of aromatic nitrogens is 4. The summed E-state index contributed by atoms with van der Waals surface area (Å²) in [6.07, 6.45) is 0. The zero-order valence-corrected chi connectivity index (χ0v) is 18.9. The molecule has 1 saturated heterocycles. The molecule has 2 aromatic carbocycles. The average molecular weight is 449 g/mol. The number of thioether (sulfide) groups is 1. The van der Waals surface area contributed by atoms with Crippen LogP contribution in [0.4, 0.5) is 11.5 Å². The van der Waals surface area contributed by atoms with Crippen LogP contribution in [-0.4, -0.2) is 49.7 Å². The van der Waals surface area contributed by atoms with E-state index in [1.54, 1.807) is 4.40 Å². The number of carbonyl (C=O) groups excluding carboxylic acids is 1. The molecule has 0 atom stereocenters. The first-order chi connectivity index (χ1) is 15.5. The van der Waals surface area contributed by atoms with Gasteiger partial charge in [-0.15, -0.1) is 5.10 Å². The number of aryl methyl sites for hydroxylation is 2. The Hall–Kier alpha value is -3.33. The van der Waals surface area contributed by atoms with Gasteiger partial charge in [0.25, 0.3) is 0 Å². The monoisotopic (exact) mass is 448 g/mol. The highest BCUT2D eigenvalue weighted by molar-refractivity contribution is 7.99. The van der Waals surface area contributed by atoms with Crippen LogP contribution in [-0.2, 0) is 11.3 Å². The number of amides is 1. The quantitative estimate of drug-likeness (QED) is 0.517. The molecular weight excluding hydrogens is 424 g/mol. The van der Waals surface area contributed by atoms with Gasteiger partial charge in [0.05, 0.1) is 11.0 Å². The van der Waals surface area contributed by atoms with Crippen LogP contribution in [0.2, 0.25) is 0 Å². The van der Waals surface area contributed by atoms with Gasteiger partial charge in [0.15, 0.2) is 5.82 Å². The zero-order chi connectivity index (χ0) is 22.2. The molecule has 1 N–H and O–H groups in total. The van der Waals surface area contributed by atoms with Crippen LogP contribution in [0, 0.1) is 13.8 Å². The van der Waals surface area contributed by atoms with E-state index in [0.29, 0.717) is 22.7 Å². The Morgan fingerprint density at radius 2 is 1.88 bits per heavy atom. The van der Waals surface area contributed by atoms with Crippen molar-refractivity contribution in [2.45, 2.75) is 20.4 Å². The summed E-state index contributed by atoms with van der Waals surface area (Å²) >= 11 is 1.91. The van der Waals surface area contributed by atoms with Crippen molar-refractivity contribution in [3.8, 4) is 0 Å². The van der Waals surface area contributed by atoms with Crippen molar-refractivity contribution in [2.24, 2.45) is 0 Å². The molecule has 32 heavy (non-hydrogen) atoms. The summed E-state index contributed by atoms with van der Waals surface area (Å²) in [5, 5.41) is 7.41. The highest BCUT2D eigenvalue weighted by Gasteiger charge is 2.22. The maximum absolute atomic E-state index is 13.3. The number of nitrogens with zero attached hydrogens (tertiary/aromatic N) is 5. The fourth-order valence-electron chi connectivity index (χ4n) is 3.93. The van der Waals surface area contributed by atoms with Gasteiger partial charge in [0.2, 0.25) is 11.6 Å². The Kier molecular flexibility index (Phi) is 5.34. The van der Waals surface area contributed by atoms with Crippen molar-refractivity contribution in [1.29, 1.82) is 0 Å². The summed E-state index contributed by atoms with van der Waals surface area (Å²) in [6, 6.07) is 13.3. The molecular formula is C23H24N6O2S. The van der Waals surface area contributed by atoms with Crippen molar-refractivity contribution in [3.63, 3.8) is 0 Å². The molecule has 3 heterocycles. The number of rotatable bonds is 4. The van der Waals surface area contributed by atoms with Gasteiger partial charge >= 0.3 is 5.69 Å². The molecule has 1 aliphatic heterocycles. The van der Waals surface area contributed by atoms with Gasteiger partial charge in [-0.25, -0.2) is 18.9 Å². The van der Waals surface area contributed by atoms with E-state index in [2.05, 4.69) is 15.3 Å². The van der Waals surface area contributed by atoms with E-state index in [-0.39, 0.29) is 18.1 Å². The SMILES string of the molecule is Cc1ccc(NC(=O)Cn2nc3c(N4CCSCC4)nc4ccccc4n3c2=O)cc1C. The molecule has 0 unspecified atom stereocenters. The lowest BCUT2D eigenvalue weighted by Crippen LogP contribution is -2.33. The number of hydrogen-bond donors (Lipinski definition) is 1. The normalized spacial score (nSPS) is 14.2. The van der Waals surface area contributed by atoms with Crippen molar-refractivity contribution >= 4 is 45.9 Å². The second kappa shape index (κ2) is 8.31. The minimum Gasteiger partial charge on any atom is -0.352 e. The number of anilines is 2. The van der Waals surface area contributed by atoms with Crippen molar-refractivity contribution in [2.75, 3.05) is 34.8 Å². The molecule has 9 heteroatoms. The highest BCUT2D eigenvalue weighted by atomic mass is 32.2. The summed E-state index contributed by atoms with van der Waals surface area (Å²) in [5.41, 5.74) is 4.50. The Morgan fingerprint density at radius 1 is 1.09 bits per heavy atom. The first kappa shape index (κ1) is 20.6. The molecule has 0 bridgehead atoms. The maximum atomic E-state index is 13.3. The van der Waals surface area contributed by atoms with Crippen LogP contribution < -0.4 is 15.9 Å². The Bertz CT molecular complexity index is 1390. The largest absolute Gasteiger partial charge is 0.352 e. The molecule has 0 radical (unpaired) electrons. The van der Waals surface area contributed by atoms with Crippen LogP contribution >= 0.6 is 11.8 Å². The molecule has 0 saturated carbocycles. The van der Waals surface area contributed by atoms with Gasteiger partial charge in [-0.3, -0.25) is 4.79 Å². The topological polar surface area (TPSA) is 84.5 Å². The number of para-hydroxylation sites is 2. The molecule has 8 nitrogen and oxygen atoms in total.